The average molecular weight is 397 g/mol. The lowest BCUT2D eigenvalue weighted by atomic mass is 9.93. The molecule has 0 N–H and O–H groups in total. The predicted octanol–water partition coefficient (Wildman–Crippen LogP) is 7.42. The third-order valence-electron chi connectivity index (χ3n) is 6.24. The van der Waals surface area contributed by atoms with Crippen LogP contribution < -0.4 is 0 Å². The summed E-state index contributed by atoms with van der Waals surface area (Å²) in [6.45, 7) is 15.5. The standard InChI is InChI=1S/C28H32N2/c1-17(2)30-25-13-9-12-23(27-21(6)14-18(3)15-22(27)7)28(25)29-26(30)16-24-19(4)10-8-11-20(24)5/h8-15,17H,16H2,1-7H3. The van der Waals surface area contributed by atoms with Crippen LogP contribution in [0.25, 0.3) is 22.2 Å². The Kier molecular flexibility index (Phi) is 5.27. The van der Waals surface area contributed by atoms with E-state index in [-0.39, 0.29) is 0 Å². The average Bonchev–Trinajstić information content (AvgIpc) is 3.03. The highest BCUT2D eigenvalue weighted by atomic mass is 15.1. The highest BCUT2D eigenvalue weighted by Crippen LogP contribution is 2.35. The van der Waals surface area contributed by atoms with Gasteiger partial charge in [0.15, 0.2) is 0 Å². The van der Waals surface area contributed by atoms with E-state index >= 15 is 0 Å². The molecule has 1 aromatic heterocycles. The Morgan fingerprint density at radius 3 is 2.00 bits per heavy atom. The number of hydrogen-bond donors (Lipinski definition) is 0. The zero-order chi connectivity index (χ0) is 21.6. The highest BCUT2D eigenvalue weighted by Gasteiger charge is 2.19. The maximum absolute atomic E-state index is 5.26. The van der Waals surface area contributed by atoms with Gasteiger partial charge in [-0.15, -0.1) is 0 Å². The van der Waals surface area contributed by atoms with E-state index in [0.29, 0.717) is 6.04 Å². The van der Waals surface area contributed by atoms with Crippen LogP contribution in [0.5, 0.6) is 0 Å². The molecule has 30 heavy (non-hydrogen) atoms. The van der Waals surface area contributed by atoms with Crippen LogP contribution >= 0.6 is 0 Å². The van der Waals surface area contributed by atoms with E-state index in [1.807, 2.05) is 0 Å². The first kappa shape index (κ1) is 20.4. The van der Waals surface area contributed by atoms with Gasteiger partial charge in [0, 0.05) is 18.0 Å². The fourth-order valence-electron chi connectivity index (χ4n) is 4.96. The second-order valence-corrected chi connectivity index (χ2v) is 8.99. The molecule has 0 saturated carbocycles. The Morgan fingerprint density at radius 1 is 0.800 bits per heavy atom. The lowest BCUT2D eigenvalue weighted by Crippen LogP contribution is -2.08. The lowest BCUT2D eigenvalue weighted by molar-refractivity contribution is 0.591. The smallest absolute Gasteiger partial charge is 0.114 e. The van der Waals surface area contributed by atoms with Crippen LogP contribution in [0.1, 0.15) is 59.1 Å². The molecule has 2 nitrogen and oxygen atoms in total. The normalized spacial score (nSPS) is 11.6. The fourth-order valence-corrected chi connectivity index (χ4v) is 4.96. The first-order valence-electron chi connectivity index (χ1n) is 10.9. The molecule has 154 valence electrons. The van der Waals surface area contributed by atoms with Crippen molar-refractivity contribution in [2.75, 3.05) is 0 Å². The highest BCUT2D eigenvalue weighted by molar-refractivity contribution is 5.94. The van der Waals surface area contributed by atoms with Crippen LogP contribution in [-0.4, -0.2) is 9.55 Å². The lowest BCUT2D eigenvalue weighted by Gasteiger charge is -2.15. The molecule has 0 aliphatic heterocycles. The second kappa shape index (κ2) is 7.75. The quantitative estimate of drug-likeness (QED) is 0.351. The summed E-state index contributed by atoms with van der Waals surface area (Å²) in [7, 11) is 0. The van der Waals surface area contributed by atoms with Crippen molar-refractivity contribution in [2.45, 2.75) is 60.9 Å². The van der Waals surface area contributed by atoms with Gasteiger partial charge in [-0.2, -0.15) is 0 Å². The van der Waals surface area contributed by atoms with Crippen molar-refractivity contribution in [1.82, 2.24) is 9.55 Å². The largest absolute Gasteiger partial charge is 0.325 e. The molecule has 0 bridgehead atoms. The van der Waals surface area contributed by atoms with Gasteiger partial charge >= 0.3 is 0 Å². The predicted molar refractivity (Wildman–Crippen MR) is 128 cm³/mol. The van der Waals surface area contributed by atoms with Gasteiger partial charge < -0.3 is 4.57 Å². The third-order valence-corrected chi connectivity index (χ3v) is 6.24. The molecule has 0 aliphatic rings. The van der Waals surface area contributed by atoms with Crippen molar-refractivity contribution >= 4 is 11.0 Å². The van der Waals surface area contributed by atoms with Crippen LogP contribution in [0.4, 0.5) is 0 Å². The topological polar surface area (TPSA) is 17.8 Å². The molecule has 3 aromatic carbocycles. The number of rotatable bonds is 4. The molecule has 0 spiro atoms. The van der Waals surface area contributed by atoms with Gasteiger partial charge in [-0.05, 0) is 87.9 Å². The minimum atomic E-state index is 0.352. The molecule has 0 unspecified atom stereocenters. The Morgan fingerprint density at radius 2 is 1.40 bits per heavy atom. The van der Waals surface area contributed by atoms with Crippen molar-refractivity contribution in [3.05, 3.63) is 87.7 Å². The number of aromatic nitrogens is 2. The monoisotopic (exact) mass is 396 g/mol. The zero-order valence-electron chi connectivity index (χ0n) is 19.3. The van der Waals surface area contributed by atoms with E-state index in [2.05, 4.69) is 102 Å². The molecule has 4 aromatic rings. The molecule has 0 aliphatic carbocycles. The van der Waals surface area contributed by atoms with E-state index in [9.17, 15) is 0 Å². The summed E-state index contributed by atoms with van der Waals surface area (Å²) in [6, 6.07) is 18.1. The number of aryl methyl sites for hydroxylation is 5. The summed E-state index contributed by atoms with van der Waals surface area (Å²) in [4.78, 5) is 5.26. The summed E-state index contributed by atoms with van der Waals surface area (Å²) in [5.74, 6) is 1.15. The Labute approximate surface area is 180 Å². The van der Waals surface area contributed by atoms with Crippen molar-refractivity contribution in [3.63, 3.8) is 0 Å². The Bertz CT molecular complexity index is 1200. The Hall–Kier alpha value is -2.87. The van der Waals surface area contributed by atoms with Crippen LogP contribution in [-0.2, 0) is 6.42 Å². The molecular weight excluding hydrogens is 364 g/mol. The molecule has 0 amide bonds. The van der Waals surface area contributed by atoms with Crippen LogP contribution in [0.15, 0.2) is 48.5 Å². The second-order valence-electron chi connectivity index (χ2n) is 8.99. The van der Waals surface area contributed by atoms with Crippen LogP contribution in [0.2, 0.25) is 0 Å². The van der Waals surface area contributed by atoms with Gasteiger partial charge in [0.05, 0.1) is 11.0 Å². The molecule has 0 fully saturated rings. The third kappa shape index (κ3) is 3.45. The number of benzene rings is 3. The van der Waals surface area contributed by atoms with E-state index in [4.69, 9.17) is 4.98 Å². The molecule has 0 atom stereocenters. The first-order valence-corrected chi connectivity index (χ1v) is 10.9. The van der Waals surface area contributed by atoms with Gasteiger partial charge in [-0.1, -0.05) is 48.0 Å². The summed E-state index contributed by atoms with van der Waals surface area (Å²) in [5, 5.41) is 0. The van der Waals surface area contributed by atoms with E-state index in [0.717, 1.165) is 17.8 Å². The number of para-hydroxylation sites is 1. The minimum absolute atomic E-state index is 0.352. The number of fused-ring (bicyclic) bond motifs is 1. The maximum atomic E-state index is 5.26. The maximum Gasteiger partial charge on any atom is 0.114 e. The molecular formula is C28H32N2. The van der Waals surface area contributed by atoms with Gasteiger partial charge in [0.2, 0.25) is 0 Å². The molecule has 0 radical (unpaired) electrons. The summed E-state index contributed by atoms with van der Waals surface area (Å²) in [5.41, 5.74) is 12.9. The molecule has 1 heterocycles. The molecule has 0 saturated heterocycles. The number of nitrogens with zero attached hydrogens (tertiary/aromatic N) is 2. The first-order chi connectivity index (χ1) is 14.3. The SMILES string of the molecule is Cc1cc(C)c(-c2cccc3c2nc(Cc2c(C)cccc2C)n3C(C)C)c(C)c1. The van der Waals surface area contributed by atoms with Crippen molar-refractivity contribution in [2.24, 2.45) is 0 Å². The van der Waals surface area contributed by atoms with Crippen molar-refractivity contribution < 1.29 is 0 Å². The van der Waals surface area contributed by atoms with E-state index in [1.54, 1.807) is 0 Å². The summed E-state index contributed by atoms with van der Waals surface area (Å²) in [6.07, 6.45) is 0.858. The van der Waals surface area contributed by atoms with Crippen LogP contribution in [0.3, 0.4) is 0 Å². The van der Waals surface area contributed by atoms with Crippen molar-refractivity contribution in [3.8, 4) is 11.1 Å². The fraction of sp³-hybridized carbons (Fsp3) is 0.321. The molecule has 4 rings (SSSR count). The summed E-state index contributed by atoms with van der Waals surface area (Å²) < 4.78 is 2.42. The van der Waals surface area contributed by atoms with Gasteiger partial charge in [0.25, 0.3) is 0 Å². The van der Waals surface area contributed by atoms with Gasteiger partial charge in [0.1, 0.15) is 5.82 Å². The molecule has 2 heteroatoms. The van der Waals surface area contributed by atoms with E-state index in [1.165, 1.54) is 50.0 Å². The summed E-state index contributed by atoms with van der Waals surface area (Å²) >= 11 is 0. The Balaban J connectivity index is 1.97. The number of hydrogen-bond acceptors (Lipinski definition) is 1. The van der Waals surface area contributed by atoms with Gasteiger partial charge in [-0.25, -0.2) is 4.98 Å². The van der Waals surface area contributed by atoms with Crippen LogP contribution in [0, 0.1) is 34.6 Å². The zero-order valence-corrected chi connectivity index (χ0v) is 19.3. The minimum Gasteiger partial charge on any atom is -0.325 e. The van der Waals surface area contributed by atoms with E-state index < -0.39 is 0 Å². The number of imidazole rings is 1. The van der Waals surface area contributed by atoms with Crippen molar-refractivity contribution in [1.29, 1.82) is 0 Å². The van der Waals surface area contributed by atoms with Gasteiger partial charge in [-0.3, -0.25) is 0 Å².